The summed E-state index contributed by atoms with van der Waals surface area (Å²) in [6, 6.07) is 5.15. The number of carbonyl (C=O) groups is 1. The number of Topliss-reactive ketones (excluding diaryl/α,β-unsaturated/α-hetero) is 1. The molecule has 0 atom stereocenters. The van der Waals surface area contributed by atoms with Crippen LogP contribution in [0, 0.1) is 0 Å². The quantitative estimate of drug-likeness (QED) is 0.772. The molecule has 0 amide bonds. The van der Waals surface area contributed by atoms with E-state index in [0.717, 1.165) is 0 Å². The molecule has 0 N–H and O–H groups in total. The van der Waals surface area contributed by atoms with E-state index in [9.17, 15) is 4.79 Å². The summed E-state index contributed by atoms with van der Waals surface area (Å²) in [5, 5.41) is 0. The molecule has 0 saturated carbocycles. The van der Waals surface area contributed by atoms with E-state index in [-0.39, 0.29) is 12.2 Å². The lowest BCUT2D eigenvalue weighted by Gasteiger charge is -1.95. The number of halogens is 1. The Labute approximate surface area is 95.8 Å². The van der Waals surface area contributed by atoms with Crippen LogP contribution >= 0.6 is 22.9 Å². The number of ketones is 1. The zero-order chi connectivity index (χ0) is 10.7. The monoisotopic (exact) mass is 238 g/mol. The van der Waals surface area contributed by atoms with Crippen molar-refractivity contribution in [3.63, 3.8) is 0 Å². The zero-order valence-electron chi connectivity index (χ0n) is 7.68. The van der Waals surface area contributed by atoms with Gasteiger partial charge in [-0.2, -0.15) is 0 Å². The summed E-state index contributed by atoms with van der Waals surface area (Å²) in [7, 11) is 0. The van der Waals surface area contributed by atoms with E-state index in [1.165, 1.54) is 11.3 Å². The van der Waals surface area contributed by atoms with Crippen LogP contribution in [0.15, 0.2) is 30.6 Å². The van der Waals surface area contributed by atoms with Crippen molar-refractivity contribution in [3.05, 3.63) is 45.6 Å². The average Bonchev–Trinajstić information content (AvgIpc) is 2.66. The molecule has 2 aromatic rings. The standard InChI is InChI=1S/C10H7ClN2OS/c11-9-3-2-8(15-9)7(14)6-10-12-4-1-5-13-10/h1-5H,6H2. The smallest absolute Gasteiger partial charge is 0.180 e. The molecule has 0 radical (unpaired) electrons. The summed E-state index contributed by atoms with van der Waals surface area (Å²) in [5.74, 6) is 0.533. The molecular formula is C10H7ClN2OS. The molecule has 0 saturated heterocycles. The van der Waals surface area contributed by atoms with Gasteiger partial charge < -0.3 is 0 Å². The second-order valence-corrected chi connectivity index (χ2v) is 4.58. The van der Waals surface area contributed by atoms with Crippen molar-refractivity contribution in [1.29, 1.82) is 0 Å². The third kappa shape index (κ3) is 2.61. The maximum absolute atomic E-state index is 11.7. The molecule has 0 fully saturated rings. The molecule has 5 heteroatoms. The maximum Gasteiger partial charge on any atom is 0.180 e. The van der Waals surface area contributed by atoms with Gasteiger partial charge in [0.1, 0.15) is 5.82 Å². The third-order valence-electron chi connectivity index (χ3n) is 1.79. The Morgan fingerprint density at radius 3 is 2.67 bits per heavy atom. The van der Waals surface area contributed by atoms with Crippen LogP contribution in [0.25, 0.3) is 0 Å². The molecule has 0 spiro atoms. The van der Waals surface area contributed by atoms with Crippen LogP contribution < -0.4 is 0 Å². The van der Waals surface area contributed by atoms with Crippen molar-refractivity contribution in [3.8, 4) is 0 Å². The summed E-state index contributed by atoms with van der Waals surface area (Å²) in [5.41, 5.74) is 0. The topological polar surface area (TPSA) is 42.9 Å². The fourth-order valence-corrected chi connectivity index (χ4v) is 2.10. The van der Waals surface area contributed by atoms with Gasteiger partial charge in [-0.25, -0.2) is 9.97 Å². The fraction of sp³-hybridized carbons (Fsp3) is 0.100. The van der Waals surface area contributed by atoms with E-state index < -0.39 is 0 Å². The third-order valence-corrected chi connectivity index (χ3v) is 3.06. The molecule has 0 bridgehead atoms. The Kier molecular flexibility index (Phi) is 3.08. The Hall–Kier alpha value is -1.26. The van der Waals surface area contributed by atoms with E-state index in [0.29, 0.717) is 15.0 Å². The van der Waals surface area contributed by atoms with E-state index in [4.69, 9.17) is 11.6 Å². The summed E-state index contributed by atoms with van der Waals surface area (Å²) in [4.78, 5) is 20.3. The molecule has 0 aliphatic heterocycles. The molecule has 0 aliphatic carbocycles. The summed E-state index contributed by atoms with van der Waals surface area (Å²) in [6.45, 7) is 0. The van der Waals surface area contributed by atoms with Gasteiger partial charge in [-0.3, -0.25) is 4.79 Å². The number of nitrogens with zero attached hydrogens (tertiary/aromatic N) is 2. The minimum absolute atomic E-state index is 0.00176. The molecule has 2 rings (SSSR count). The molecule has 0 unspecified atom stereocenters. The average molecular weight is 239 g/mol. The number of aromatic nitrogens is 2. The van der Waals surface area contributed by atoms with Crippen LogP contribution in [0.1, 0.15) is 15.5 Å². The first-order chi connectivity index (χ1) is 7.25. The molecule has 2 heterocycles. The van der Waals surface area contributed by atoms with E-state index in [1.807, 2.05) is 0 Å². The predicted octanol–water partition coefficient (Wildman–Crippen LogP) is 2.62. The largest absolute Gasteiger partial charge is 0.293 e. The van der Waals surface area contributed by atoms with Gasteiger partial charge in [0.25, 0.3) is 0 Å². The molecule has 76 valence electrons. The van der Waals surface area contributed by atoms with E-state index in [1.54, 1.807) is 30.6 Å². The van der Waals surface area contributed by atoms with Gasteiger partial charge in [-0.15, -0.1) is 11.3 Å². The molecule has 15 heavy (non-hydrogen) atoms. The van der Waals surface area contributed by atoms with Crippen molar-refractivity contribution in [2.24, 2.45) is 0 Å². The van der Waals surface area contributed by atoms with Gasteiger partial charge >= 0.3 is 0 Å². The lowest BCUT2D eigenvalue weighted by Crippen LogP contribution is -2.04. The van der Waals surface area contributed by atoms with Crippen LogP contribution in [0.2, 0.25) is 4.34 Å². The second-order valence-electron chi connectivity index (χ2n) is 2.87. The highest BCUT2D eigenvalue weighted by Gasteiger charge is 2.10. The highest BCUT2D eigenvalue weighted by molar-refractivity contribution is 7.18. The Balaban J connectivity index is 2.11. The van der Waals surface area contributed by atoms with Crippen molar-refractivity contribution in [1.82, 2.24) is 9.97 Å². The van der Waals surface area contributed by atoms with Crippen molar-refractivity contribution >= 4 is 28.7 Å². The fourth-order valence-electron chi connectivity index (χ4n) is 1.12. The lowest BCUT2D eigenvalue weighted by atomic mass is 10.2. The zero-order valence-corrected chi connectivity index (χ0v) is 9.26. The van der Waals surface area contributed by atoms with Crippen LogP contribution in [0.5, 0.6) is 0 Å². The van der Waals surface area contributed by atoms with Crippen molar-refractivity contribution in [2.45, 2.75) is 6.42 Å². The first kappa shape index (κ1) is 10.3. The maximum atomic E-state index is 11.7. The van der Waals surface area contributed by atoms with E-state index >= 15 is 0 Å². The molecule has 3 nitrogen and oxygen atoms in total. The van der Waals surface area contributed by atoms with E-state index in [2.05, 4.69) is 9.97 Å². The van der Waals surface area contributed by atoms with Gasteiger partial charge in [-0.1, -0.05) is 11.6 Å². The Bertz CT molecular complexity index is 469. The summed E-state index contributed by atoms with van der Waals surface area (Å²) >= 11 is 7.02. The number of thiophene rings is 1. The predicted molar refractivity (Wildman–Crippen MR) is 59.4 cm³/mol. The number of carbonyl (C=O) groups excluding carboxylic acids is 1. The second kappa shape index (κ2) is 4.51. The van der Waals surface area contributed by atoms with Crippen molar-refractivity contribution < 1.29 is 4.79 Å². The Morgan fingerprint density at radius 1 is 1.33 bits per heavy atom. The minimum atomic E-state index is -0.00176. The van der Waals surface area contributed by atoms with Crippen LogP contribution in [-0.4, -0.2) is 15.8 Å². The lowest BCUT2D eigenvalue weighted by molar-refractivity contribution is 0.0994. The Morgan fingerprint density at radius 2 is 2.07 bits per heavy atom. The van der Waals surface area contributed by atoms with Crippen LogP contribution in [0.4, 0.5) is 0 Å². The van der Waals surface area contributed by atoms with Crippen molar-refractivity contribution in [2.75, 3.05) is 0 Å². The molecule has 0 aromatic carbocycles. The van der Waals surface area contributed by atoms with Gasteiger partial charge in [-0.05, 0) is 18.2 Å². The van der Waals surface area contributed by atoms with Crippen LogP contribution in [-0.2, 0) is 6.42 Å². The van der Waals surface area contributed by atoms with Gasteiger partial charge in [0.15, 0.2) is 5.78 Å². The van der Waals surface area contributed by atoms with Gasteiger partial charge in [0.2, 0.25) is 0 Å². The molecular weight excluding hydrogens is 232 g/mol. The SMILES string of the molecule is O=C(Cc1ncccn1)c1ccc(Cl)s1. The highest BCUT2D eigenvalue weighted by Crippen LogP contribution is 2.22. The normalized spacial score (nSPS) is 10.2. The summed E-state index contributed by atoms with van der Waals surface area (Å²) < 4.78 is 0.618. The number of hydrogen-bond donors (Lipinski definition) is 0. The first-order valence-electron chi connectivity index (χ1n) is 4.30. The minimum Gasteiger partial charge on any atom is -0.293 e. The summed E-state index contributed by atoms with van der Waals surface area (Å²) in [6.07, 6.45) is 3.46. The number of rotatable bonds is 3. The highest BCUT2D eigenvalue weighted by atomic mass is 35.5. The van der Waals surface area contributed by atoms with Crippen LogP contribution in [0.3, 0.4) is 0 Å². The molecule has 2 aromatic heterocycles. The molecule has 0 aliphatic rings. The van der Waals surface area contributed by atoms with Gasteiger partial charge in [0, 0.05) is 12.4 Å². The van der Waals surface area contributed by atoms with Gasteiger partial charge in [0.05, 0.1) is 15.6 Å². The first-order valence-corrected chi connectivity index (χ1v) is 5.49. The number of hydrogen-bond acceptors (Lipinski definition) is 4.